The first-order valence-corrected chi connectivity index (χ1v) is 11.9. The fourth-order valence-corrected chi connectivity index (χ4v) is 3.97. The zero-order valence-corrected chi connectivity index (χ0v) is 19.3. The highest BCUT2D eigenvalue weighted by Crippen LogP contribution is 2.38. The predicted octanol–water partition coefficient (Wildman–Crippen LogP) is 4.75. The number of esters is 1. The molecule has 1 amide bonds. The van der Waals surface area contributed by atoms with Crippen LogP contribution < -0.4 is 14.8 Å². The van der Waals surface area contributed by atoms with Gasteiger partial charge in [-0.25, -0.2) is 4.79 Å². The van der Waals surface area contributed by atoms with Crippen molar-refractivity contribution in [1.29, 1.82) is 0 Å². The minimum Gasteiger partial charge on any atom is -0.489 e. The van der Waals surface area contributed by atoms with Gasteiger partial charge in [-0.3, -0.25) is 4.79 Å². The number of ether oxygens (including phenoxy) is 3. The third kappa shape index (κ3) is 6.45. The molecule has 1 heterocycles. The van der Waals surface area contributed by atoms with Crippen LogP contribution in [0, 0.1) is 0 Å². The molecule has 0 aromatic heterocycles. The Balaban J connectivity index is 1.67. The van der Waals surface area contributed by atoms with Crippen LogP contribution in [0.4, 0.5) is 0 Å². The van der Waals surface area contributed by atoms with Crippen molar-refractivity contribution in [2.45, 2.75) is 25.5 Å². The highest BCUT2D eigenvalue weighted by Gasteiger charge is 2.24. The molecule has 9 heteroatoms. The summed E-state index contributed by atoms with van der Waals surface area (Å²) in [7, 11) is 0. The van der Waals surface area contributed by atoms with Crippen LogP contribution in [0.3, 0.4) is 0 Å². The van der Waals surface area contributed by atoms with Crippen molar-refractivity contribution in [3.8, 4) is 11.5 Å². The molecule has 0 spiro atoms. The van der Waals surface area contributed by atoms with Gasteiger partial charge in [-0.2, -0.15) is 11.8 Å². The lowest BCUT2D eigenvalue weighted by Crippen LogP contribution is -2.42. The number of carbonyl (C=O) groups excluding carboxylic acids is 2. The molecule has 2 aromatic carbocycles. The molecule has 166 valence electrons. The van der Waals surface area contributed by atoms with E-state index in [2.05, 4.69) is 5.32 Å². The summed E-state index contributed by atoms with van der Waals surface area (Å²) in [5.41, 5.74) is 0.976. The maximum absolute atomic E-state index is 12.7. The molecule has 0 bridgehead atoms. The van der Waals surface area contributed by atoms with Gasteiger partial charge in [0.05, 0.1) is 28.8 Å². The number of halogens is 2. The number of amides is 1. The van der Waals surface area contributed by atoms with Gasteiger partial charge in [-0.15, -0.1) is 0 Å². The van der Waals surface area contributed by atoms with Crippen LogP contribution in [0.5, 0.6) is 11.5 Å². The van der Waals surface area contributed by atoms with Crippen molar-refractivity contribution in [1.82, 2.24) is 5.32 Å². The van der Waals surface area contributed by atoms with Crippen molar-refractivity contribution < 1.29 is 23.8 Å². The number of benzene rings is 2. The molecule has 1 aliphatic heterocycles. The number of hydrogen-bond acceptors (Lipinski definition) is 6. The Bertz CT molecular complexity index is 940. The molecule has 2 aromatic rings. The summed E-state index contributed by atoms with van der Waals surface area (Å²) >= 11 is 14.0. The first-order chi connectivity index (χ1) is 15.0. The normalized spacial score (nSPS) is 13.8. The molecule has 0 saturated heterocycles. The van der Waals surface area contributed by atoms with E-state index in [9.17, 15) is 9.59 Å². The van der Waals surface area contributed by atoms with Crippen LogP contribution in [0.15, 0.2) is 36.4 Å². The molecule has 1 aliphatic rings. The number of nitrogens with one attached hydrogen (secondary N) is 1. The number of thioether (sulfide) groups is 1. The number of fused-ring (bicyclic) bond motifs is 1. The topological polar surface area (TPSA) is 73.9 Å². The van der Waals surface area contributed by atoms with Crippen molar-refractivity contribution in [2.75, 3.05) is 25.2 Å². The van der Waals surface area contributed by atoms with E-state index in [0.717, 1.165) is 6.42 Å². The van der Waals surface area contributed by atoms with Crippen LogP contribution in [0.1, 0.15) is 28.8 Å². The van der Waals surface area contributed by atoms with Crippen LogP contribution in [0.25, 0.3) is 0 Å². The third-order valence-electron chi connectivity index (χ3n) is 4.56. The lowest BCUT2D eigenvalue weighted by molar-refractivity contribution is -0.147. The molecule has 31 heavy (non-hydrogen) atoms. The van der Waals surface area contributed by atoms with Gasteiger partial charge >= 0.3 is 5.97 Å². The molecule has 1 N–H and O–H groups in total. The molecule has 0 fully saturated rings. The summed E-state index contributed by atoms with van der Waals surface area (Å²) in [4.78, 5) is 25.3. The molecule has 0 aliphatic carbocycles. The largest absolute Gasteiger partial charge is 0.489 e. The Labute approximate surface area is 195 Å². The van der Waals surface area contributed by atoms with Gasteiger partial charge in [0.2, 0.25) is 0 Å². The van der Waals surface area contributed by atoms with Gasteiger partial charge in [0.25, 0.3) is 5.91 Å². The SMILES string of the molecule is CSCCC(NC(=O)c1ccccc1Cl)C(=O)OCc1cc(Cl)c2c(c1)OCCCO2. The molecular weight excluding hydrogens is 461 g/mol. The van der Waals surface area contributed by atoms with Crippen molar-refractivity contribution in [2.24, 2.45) is 0 Å². The molecule has 3 rings (SSSR count). The summed E-state index contributed by atoms with van der Waals surface area (Å²) in [5.74, 6) is 0.754. The lowest BCUT2D eigenvalue weighted by atomic mass is 10.1. The monoisotopic (exact) mass is 483 g/mol. The van der Waals surface area contributed by atoms with Crippen LogP contribution in [0.2, 0.25) is 10.0 Å². The van der Waals surface area contributed by atoms with Gasteiger partial charge in [-0.1, -0.05) is 35.3 Å². The maximum atomic E-state index is 12.7. The summed E-state index contributed by atoms with van der Waals surface area (Å²) in [6.45, 7) is 1.05. The van der Waals surface area contributed by atoms with Crippen molar-refractivity contribution in [3.63, 3.8) is 0 Å². The van der Waals surface area contributed by atoms with E-state index in [-0.39, 0.29) is 6.61 Å². The number of rotatable bonds is 8. The molecule has 1 unspecified atom stereocenters. The Kier molecular flexibility index (Phi) is 8.75. The number of carbonyl (C=O) groups is 2. The van der Waals surface area contributed by atoms with E-state index in [1.54, 1.807) is 48.2 Å². The van der Waals surface area contributed by atoms with Crippen molar-refractivity contribution in [3.05, 3.63) is 57.6 Å². The summed E-state index contributed by atoms with van der Waals surface area (Å²) in [5, 5.41) is 3.45. The second-order valence-electron chi connectivity index (χ2n) is 6.85. The molecule has 0 radical (unpaired) electrons. The van der Waals surface area contributed by atoms with Gasteiger partial charge in [0, 0.05) is 6.42 Å². The quantitative estimate of drug-likeness (QED) is 0.546. The van der Waals surface area contributed by atoms with Crippen LogP contribution in [-0.4, -0.2) is 43.1 Å². The van der Waals surface area contributed by atoms with E-state index >= 15 is 0 Å². The Hall–Kier alpha value is -2.09. The second kappa shape index (κ2) is 11.5. The summed E-state index contributed by atoms with van der Waals surface area (Å²) < 4.78 is 16.8. The molecule has 1 atom stereocenters. The van der Waals surface area contributed by atoms with E-state index < -0.39 is 17.9 Å². The zero-order chi connectivity index (χ0) is 22.2. The minimum absolute atomic E-state index is 0.00702. The van der Waals surface area contributed by atoms with E-state index in [0.29, 0.717) is 58.1 Å². The zero-order valence-electron chi connectivity index (χ0n) is 17.0. The second-order valence-corrected chi connectivity index (χ2v) is 8.65. The van der Waals surface area contributed by atoms with Gasteiger partial charge < -0.3 is 19.5 Å². The fraction of sp³-hybridized carbons (Fsp3) is 0.364. The van der Waals surface area contributed by atoms with Gasteiger partial charge in [0.1, 0.15) is 12.6 Å². The first-order valence-electron chi connectivity index (χ1n) is 9.78. The Morgan fingerprint density at radius 2 is 1.94 bits per heavy atom. The first kappa shape index (κ1) is 23.6. The average Bonchev–Trinajstić information content (AvgIpc) is 3.01. The molecule has 0 saturated carbocycles. The highest BCUT2D eigenvalue weighted by molar-refractivity contribution is 7.98. The minimum atomic E-state index is -0.799. The number of hydrogen-bond donors (Lipinski definition) is 1. The van der Waals surface area contributed by atoms with Crippen LogP contribution >= 0.6 is 35.0 Å². The fourth-order valence-electron chi connectivity index (χ4n) is 2.99. The molecular formula is C22H23Cl2NO5S. The van der Waals surface area contributed by atoms with Crippen LogP contribution in [-0.2, 0) is 16.1 Å². The van der Waals surface area contributed by atoms with E-state index in [4.69, 9.17) is 37.4 Å². The third-order valence-corrected chi connectivity index (χ3v) is 5.82. The van der Waals surface area contributed by atoms with E-state index in [1.165, 1.54) is 0 Å². The summed E-state index contributed by atoms with van der Waals surface area (Å²) in [6, 6.07) is 9.31. The molecule has 6 nitrogen and oxygen atoms in total. The Morgan fingerprint density at radius 3 is 2.71 bits per heavy atom. The predicted molar refractivity (Wildman–Crippen MR) is 123 cm³/mol. The standard InChI is InChI=1S/C22H23Cl2NO5S/c1-31-10-7-18(25-21(26)15-5-2-3-6-16(15)23)22(27)30-13-14-11-17(24)20-19(12-14)28-8-4-9-29-20/h2-3,5-6,11-12,18H,4,7-10,13H2,1H3,(H,25,26). The Morgan fingerprint density at radius 1 is 1.16 bits per heavy atom. The lowest BCUT2D eigenvalue weighted by Gasteiger charge is -2.18. The van der Waals surface area contributed by atoms with Gasteiger partial charge in [-0.05, 0) is 48.3 Å². The van der Waals surface area contributed by atoms with E-state index in [1.807, 2.05) is 6.26 Å². The summed E-state index contributed by atoms with van der Waals surface area (Å²) in [6.07, 6.45) is 3.12. The average molecular weight is 484 g/mol. The highest BCUT2D eigenvalue weighted by atomic mass is 35.5. The van der Waals surface area contributed by atoms with Crippen molar-refractivity contribution >= 4 is 46.8 Å². The van der Waals surface area contributed by atoms with Gasteiger partial charge in [0.15, 0.2) is 11.5 Å². The smallest absolute Gasteiger partial charge is 0.329 e. The maximum Gasteiger partial charge on any atom is 0.329 e.